The van der Waals surface area contributed by atoms with Crippen LogP contribution in [0.15, 0.2) is 6.33 Å². The molecular formula is C8H19N3Si2. The zero-order chi connectivity index (χ0) is 10.3. The highest BCUT2D eigenvalue weighted by atomic mass is 28.3. The first-order chi connectivity index (χ1) is 5.73. The molecule has 0 unspecified atom stereocenters. The monoisotopic (exact) mass is 213 g/mol. The van der Waals surface area contributed by atoms with Crippen LogP contribution in [0.5, 0.6) is 0 Å². The lowest BCUT2D eigenvalue weighted by molar-refractivity contribution is 0.952. The number of hydrogen-bond acceptors (Lipinski definition) is 2. The van der Waals surface area contributed by atoms with Crippen LogP contribution in [0.4, 0.5) is 0 Å². The summed E-state index contributed by atoms with van der Waals surface area (Å²) in [6.07, 6.45) is 1.70. The predicted octanol–water partition coefficient (Wildman–Crippen LogP) is 1.51. The predicted molar refractivity (Wildman–Crippen MR) is 61.7 cm³/mol. The molecule has 3 nitrogen and oxygen atoms in total. The maximum absolute atomic E-state index is 4.40. The van der Waals surface area contributed by atoms with Crippen molar-refractivity contribution in [3.05, 3.63) is 6.33 Å². The molecule has 1 aromatic rings. The van der Waals surface area contributed by atoms with Crippen LogP contribution in [0.1, 0.15) is 0 Å². The molecule has 0 saturated carbocycles. The van der Waals surface area contributed by atoms with Crippen LogP contribution < -0.4 is 5.45 Å². The van der Waals surface area contributed by atoms with Gasteiger partial charge in [-0.15, -0.1) is 0 Å². The fourth-order valence-electron chi connectivity index (χ4n) is 1.24. The van der Waals surface area contributed by atoms with Gasteiger partial charge in [0, 0.05) is 0 Å². The zero-order valence-corrected chi connectivity index (χ0v) is 11.4. The maximum atomic E-state index is 4.40. The van der Waals surface area contributed by atoms with Gasteiger partial charge in [0.25, 0.3) is 0 Å². The van der Waals surface area contributed by atoms with Crippen molar-refractivity contribution in [3.8, 4) is 0 Å². The minimum atomic E-state index is -1.36. The van der Waals surface area contributed by atoms with Crippen LogP contribution in [0.2, 0.25) is 39.3 Å². The molecule has 0 aromatic carbocycles. The summed E-state index contributed by atoms with van der Waals surface area (Å²) >= 11 is 0. The molecule has 0 radical (unpaired) electrons. The van der Waals surface area contributed by atoms with Gasteiger partial charge in [0.15, 0.2) is 8.24 Å². The van der Waals surface area contributed by atoms with Gasteiger partial charge in [-0.2, -0.15) is 5.10 Å². The van der Waals surface area contributed by atoms with Crippen LogP contribution in [-0.2, 0) is 0 Å². The molecule has 5 heteroatoms. The molecule has 0 amide bonds. The summed E-state index contributed by atoms with van der Waals surface area (Å²) in [6, 6.07) is 0. The van der Waals surface area contributed by atoms with Gasteiger partial charge in [0.1, 0.15) is 14.4 Å². The molecule has 0 atom stereocenters. The van der Waals surface area contributed by atoms with E-state index in [0.29, 0.717) is 0 Å². The summed E-state index contributed by atoms with van der Waals surface area (Å²) in [7, 11) is -2.67. The molecular weight excluding hydrogens is 194 g/mol. The highest BCUT2D eigenvalue weighted by Crippen LogP contribution is 2.06. The molecule has 0 aliphatic rings. The zero-order valence-electron chi connectivity index (χ0n) is 9.42. The number of aromatic nitrogens is 3. The van der Waals surface area contributed by atoms with Crippen LogP contribution in [0, 0.1) is 0 Å². The van der Waals surface area contributed by atoms with E-state index in [0.717, 1.165) is 0 Å². The van der Waals surface area contributed by atoms with E-state index in [1.165, 1.54) is 5.45 Å². The van der Waals surface area contributed by atoms with E-state index in [1.807, 2.05) is 0 Å². The van der Waals surface area contributed by atoms with Crippen molar-refractivity contribution < 1.29 is 0 Å². The van der Waals surface area contributed by atoms with E-state index < -0.39 is 16.3 Å². The van der Waals surface area contributed by atoms with Gasteiger partial charge >= 0.3 is 0 Å². The van der Waals surface area contributed by atoms with Crippen LogP contribution in [0.3, 0.4) is 0 Å². The van der Waals surface area contributed by atoms with Crippen molar-refractivity contribution in [2.45, 2.75) is 39.3 Å². The molecule has 0 spiro atoms. The third kappa shape index (κ3) is 2.28. The minimum absolute atomic E-state index is 1.24. The number of nitrogens with zero attached hydrogens (tertiary/aromatic N) is 3. The first kappa shape index (κ1) is 10.7. The minimum Gasteiger partial charge on any atom is -0.285 e. The van der Waals surface area contributed by atoms with Crippen molar-refractivity contribution in [1.29, 1.82) is 0 Å². The van der Waals surface area contributed by atoms with Gasteiger partial charge in [0.2, 0.25) is 0 Å². The standard InChI is InChI=1S/C8H19N3Si2/c1-12(2,3)8-9-7-10-11(8)13(4,5)6/h7H,1-6H3. The molecule has 0 bridgehead atoms. The van der Waals surface area contributed by atoms with E-state index in [9.17, 15) is 0 Å². The van der Waals surface area contributed by atoms with E-state index in [-0.39, 0.29) is 0 Å². The second kappa shape index (κ2) is 3.06. The summed E-state index contributed by atoms with van der Waals surface area (Å²) in [6.45, 7) is 13.8. The number of rotatable bonds is 2. The SMILES string of the molecule is C[Si](C)(C)c1ncnn1[Si](C)(C)C. The quantitative estimate of drug-likeness (QED) is 0.697. The van der Waals surface area contributed by atoms with Crippen molar-refractivity contribution in [2.75, 3.05) is 0 Å². The van der Waals surface area contributed by atoms with Gasteiger partial charge in [-0.25, -0.2) is 4.98 Å². The Kier molecular flexibility index (Phi) is 2.51. The highest BCUT2D eigenvalue weighted by molar-refractivity contribution is 6.89. The Morgan fingerprint density at radius 2 is 1.62 bits per heavy atom. The van der Waals surface area contributed by atoms with Gasteiger partial charge < -0.3 is 0 Å². The fourth-order valence-corrected chi connectivity index (χ4v) is 5.49. The molecule has 0 fully saturated rings. The highest BCUT2D eigenvalue weighted by Gasteiger charge is 2.29. The summed E-state index contributed by atoms with van der Waals surface area (Å²) in [4.78, 5) is 4.40. The molecule has 13 heavy (non-hydrogen) atoms. The van der Waals surface area contributed by atoms with Crippen LogP contribution in [0.25, 0.3) is 0 Å². The first-order valence-corrected chi connectivity index (χ1v) is 11.6. The van der Waals surface area contributed by atoms with Gasteiger partial charge in [-0.3, -0.25) is 4.35 Å². The van der Waals surface area contributed by atoms with Gasteiger partial charge in [-0.05, 0) is 19.6 Å². The third-order valence-electron chi connectivity index (χ3n) is 1.85. The van der Waals surface area contributed by atoms with Crippen LogP contribution in [-0.4, -0.2) is 30.7 Å². The Labute approximate surface area is 82.3 Å². The molecule has 0 N–H and O–H groups in total. The smallest absolute Gasteiger partial charge is 0.177 e. The Balaban J connectivity index is 3.19. The van der Waals surface area contributed by atoms with E-state index in [1.54, 1.807) is 6.33 Å². The lowest BCUT2D eigenvalue weighted by Crippen LogP contribution is -2.52. The van der Waals surface area contributed by atoms with Crippen molar-refractivity contribution in [2.24, 2.45) is 0 Å². The second-order valence-electron chi connectivity index (χ2n) is 5.42. The lowest BCUT2D eigenvalue weighted by atomic mass is 11.3. The van der Waals surface area contributed by atoms with Crippen molar-refractivity contribution >= 4 is 21.8 Å². The average molecular weight is 213 g/mol. The summed E-state index contributed by atoms with van der Waals surface area (Å²) in [5.41, 5.74) is 1.24. The largest absolute Gasteiger partial charge is 0.285 e. The molecule has 1 heterocycles. The Morgan fingerprint density at radius 1 is 1.08 bits per heavy atom. The molecule has 0 aliphatic heterocycles. The second-order valence-corrected chi connectivity index (χ2v) is 15.1. The first-order valence-electron chi connectivity index (χ1n) is 4.64. The van der Waals surface area contributed by atoms with E-state index in [4.69, 9.17) is 0 Å². The van der Waals surface area contributed by atoms with E-state index >= 15 is 0 Å². The Morgan fingerprint density at radius 3 is 1.92 bits per heavy atom. The van der Waals surface area contributed by atoms with E-state index in [2.05, 4.69) is 53.7 Å². The molecule has 0 saturated heterocycles. The topological polar surface area (TPSA) is 30.7 Å². The van der Waals surface area contributed by atoms with Gasteiger partial charge in [0.05, 0.1) is 5.45 Å². The summed E-state index contributed by atoms with van der Waals surface area (Å²) in [5, 5.41) is 4.36. The maximum Gasteiger partial charge on any atom is 0.177 e. The molecule has 1 rings (SSSR count). The summed E-state index contributed by atoms with van der Waals surface area (Å²) in [5.74, 6) is 0. The summed E-state index contributed by atoms with van der Waals surface area (Å²) < 4.78 is 2.19. The van der Waals surface area contributed by atoms with Crippen molar-refractivity contribution in [3.63, 3.8) is 0 Å². The number of hydrogen-bond donors (Lipinski definition) is 0. The Bertz CT molecular complexity index is 265. The normalized spacial score (nSPS) is 13.4. The fraction of sp³-hybridized carbons (Fsp3) is 0.750. The molecule has 0 aliphatic carbocycles. The van der Waals surface area contributed by atoms with Gasteiger partial charge in [-0.1, -0.05) is 19.6 Å². The lowest BCUT2D eigenvalue weighted by Gasteiger charge is -2.24. The molecule has 1 aromatic heterocycles. The molecule has 74 valence electrons. The van der Waals surface area contributed by atoms with Crippen LogP contribution >= 0.6 is 0 Å². The average Bonchev–Trinajstić information content (AvgIpc) is 2.27. The Hall–Kier alpha value is -0.426. The van der Waals surface area contributed by atoms with Crippen molar-refractivity contribution in [1.82, 2.24) is 14.4 Å². The third-order valence-corrected chi connectivity index (χ3v) is 5.36.